The van der Waals surface area contributed by atoms with E-state index in [1.54, 1.807) is 42.5 Å². The van der Waals surface area contributed by atoms with Crippen molar-refractivity contribution < 1.29 is 14.3 Å². The number of aromatic nitrogens is 2. The summed E-state index contributed by atoms with van der Waals surface area (Å²) in [7, 11) is 1.48. The molecular weight excluding hydrogens is 382 g/mol. The van der Waals surface area contributed by atoms with Gasteiger partial charge in [-0.1, -0.05) is 23.7 Å². The first-order chi connectivity index (χ1) is 13.5. The fourth-order valence-electron chi connectivity index (χ4n) is 2.98. The Balaban J connectivity index is 1.78. The highest BCUT2D eigenvalue weighted by Gasteiger charge is 2.21. The number of nitrogens with zero attached hydrogens (tertiary/aromatic N) is 2. The molecular formula is C20H20ClN3O4. The van der Waals surface area contributed by atoms with Crippen molar-refractivity contribution in [2.24, 2.45) is 5.73 Å². The first kappa shape index (κ1) is 19.7. The van der Waals surface area contributed by atoms with E-state index in [2.05, 4.69) is 4.98 Å². The van der Waals surface area contributed by atoms with Crippen LogP contribution in [0.4, 0.5) is 0 Å². The fourth-order valence-corrected chi connectivity index (χ4v) is 3.16. The highest BCUT2D eigenvalue weighted by atomic mass is 35.5. The average molecular weight is 402 g/mol. The SMILES string of the molecule is COc1cccc2ncn(C(CCCOc3cccc(Cl)c3)C(N)=O)c(=O)c12. The molecule has 1 aromatic heterocycles. The number of benzene rings is 2. The molecule has 146 valence electrons. The molecule has 0 spiro atoms. The molecule has 0 aliphatic heterocycles. The monoisotopic (exact) mass is 401 g/mol. The van der Waals surface area contributed by atoms with Crippen LogP contribution in [0.2, 0.25) is 5.02 Å². The van der Waals surface area contributed by atoms with Gasteiger partial charge in [0.15, 0.2) is 0 Å². The Hall–Kier alpha value is -3.06. The van der Waals surface area contributed by atoms with Crippen LogP contribution in [0.15, 0.2) is 53.6 Å². The van der Waals surface area contributed by atoms with Crippen LogP contribution in [-0.2, 0) is 4.79 Å². The lowest BCUT2D eigenvalue weighted by Crippen LogP contribution is -2.34. The Morgan fingerprint density at radius 2 is 2.07 bits per heavy atom. The highest BCUT2D eigenvalue weighted by Crippen LogP contribution is 2.22. The number of carbonyl (C=O) groups excluding carboxylic acids is 1. The Bertz CT molecular complexity index is 1050. The minimum Gasteiger partial charge on any atom is -0.496 e. The van der Waals surface area contributed by atoms with Crippen LogP contribution in [0.5, 0.6) is 11.5 Å². The van der Waals surface area contributed by atoms with Crippen LogP contribution in [0, 0.1) is 0 Å². The van der Waals surface area contributed by atoms with Crippen molar-refractivity contribution in [1.29, 1.82) is 0 Å². The molecule has 0 aliphatic carbocycles. The van der Waals surface area contributed by atoms with Crippen molar-refractivity contribution in [3.8, 4) is 11.5 Å². The number of primary amides is 1. The molecule has 3 rings (SSSR count). The third kappa shape index (κ3) is 4.26. The van der Waals surface area contributed by atoms with Crippen molar-refractivity contribution in [2.45, 2.75) is 18.9 Å². The Morgan fingerprint density at radius 3 is 2.79 bits per heavy atom. The number of rotatable bonds is 8. The summed E-state index contributed by atoms with van der Waals surface area (Å²) >= 11 is 5.92. The van der Waals surface area contributed by atoms with Gasteiger partial charge in [-0.3, -0.25) is 14.2 Å². The van der Waals surface area contributed by atoms with Gasteiger partial charge in [0.2, 0.25) is 5.91 Å². The van der Waals surface area contributed by atoms with Gasteiger partial charge in [0.05, 0.1) is 25.6 Å². The Labute approximate surface area is 166 Å². The molecule has 0 radical (unpaired) electrons. The number of nitrogens with two attached hydrogens (primary N) is 1. The lowest BCUT2D eigenvalue weighted by molar-refractivity contribution is -0.121. The zero-order chi connectivity index (χ0) is 20.1. The third-order valence-electron chi connectivity index (χ3n) is 4.34. The molecule has 2 N–H and O–H groups in total. The summed E-state index contributed by atoms with van der Waals surface area (Å²) in [5.74, 6) is 0.426. The molecule has 7 nitrogen and oxygen atoms in total. The van der Waals surface area contributed by atoms with E-state index in [4.69, 9.17) is 26.8 Å². The highest BCUT2D eigenvalue weighted by molar-refractivity contribution is 6.30. The molecule has 0 bridgehead atoms. The van der Waals surface area contributed by atoms with E-state index < -0.39 is 11.9 Å². The molecule has 8 heteroatoms. The molecule has 1 heterocycles. The van der Waals surface area contributed by atoms with E-state index >= 15 is 0 Å². The van der Waals surface area contributed by atoms with E-state index in [0.29, 0.717) is 46.9 Å². The molecule has 0 aliphatic rings. The van der Waals surface area contributed by atoms with Gasteiger partial charge in [0.25, 0.3) is 5.56 Å². The predicted molar refractivity (Wildman–Crippen MR) is 107 cm³/mol. The van der Waals surface area contributed by atoms with E-state index in [1.807, 2.05) is 0 Å². The van der Waals surface area contributed by atoms with Crippen molar-refractivity contribution in [3.05, 3.63) is 64.2 Å². The number of carbonyl (C=O) groups is 1. The van der Waals surface area contributed by atoms with Crippen molar-refractivity contribution in [2.75, 3.05) is 13.7 Å². The number of methoxy groups -OCH3 is 1. The van der Waals surface area contributed by atoms with E-state index in [9.17, 15) is 9.59 Å². The first-order valence-corrected chi connectivity index (χ1v) is 9.10. The molecule has 0 saturated carbocycles. The summed E-state index contributed by atoms with van der Waals surface area (Å²) in [4.78, 5) is 29.2. The van der Waals surface area contributed by atoms with Crippen molar-refractivity contribution in [1.82, 2.24) is 9.55 Å². The van der Waals surface area contributed by atoms with Gasteiger partial charge >= 0.3 is 0 Å². The maximum Gasteiger partial charge on any atom is 0.265 e. The maximum atomic E-state index is 12.9. The summed E-state index contributed by atoms with van der Waals surface area (Å²) in [6.45, 7) is 0.350. The molecule has 1 amide bonds. The van der Waals surface area contributed by atoms with Crippen molar-refractivity contribution >= 4 is 28.4 Å². The van der Waals surface area contributed by atoms with Crippen LogP contribution in [0.1, 0.15) is 18.9 Å². The molecule has 1 unspecified atom stereocenters. The van der Waals surface area contributed by atoms with Gasteiger partial charge in [-0.15, -0.1) is 0 Å². The Kier molecular flexibility index (Phi) is 6.16. The number of hydrogen-bond donors (Lipinski definition) is 1. The number of amides is 1. The number of ether oxygens (including phenoxy) is 2. The molecule has 28 heavy (non-hydrogen) atoms. The summed E-state index contributed by atoms with van der Waals surface area (Å²) < 4.78 is 12.1. The zero-order valence-corrected chi connectivity index (χ0v) is 16.1. The normalized spacial score (nSPS) is 11.9. The molecule has 0 saturated heterocycles. The molecule has 3 aromatic rings. The molecule has 1 atom stereocenters. The summed E-state index contributed by atoms with van der Waals surface area (Å²) in [5, 5.41) is 0.893. The van der Waals surface area contributed by atoms with Gasteiger partial charge in [0.1, 0.15) is 22.9 Å². The van der Waals surface area contributed by atoms with E-state index in [-0.39, 0.29) is 5.56 Å². The third-order valence-corrected chi connectivity index (χ3v) is 4.58. The first-order valence-electron chi connectivity index (χ1n) is 8.73. The quantitative estimate of drug-likeness (QED) is 0.585. The van der Waals surface area contributed by atoms with Gasteiger partial charge in [-0.2, -0.15) is 0 Å². The topological polar surface area (TPSA) is 96.4 Å². The van der Waals surface area contributed by atoms with Crippen LogP contribution in [-0.4, -0.2) is 29.2 Å². The average Bonchev–Trinajstić information content (AvgIpc) is 2.68. The fraction of sp³-hybridized carbons (Fsp3) is 0.250. The number of fused-ring (bicyclic) bond motifs is 1. The second-order valence-electron chi connectivity index (χ2n) is 6.18. The summed E-state index contributed by atoms with van der Waals surface area (Å²) in [6.07, 6.45) is 2.19. The van der Waals surface area contributed by atoms with Gasteiger partial charge in [-0.25, -0.2) is 4.98 Å². The minimum absolute atomic E-state index is 0.314. The maximum absolute atomic E-state index is 12.9. The van der Waals surface area contributed by atoms with E-state index in [1.165, 1.54) is 18.0 Å². The minimum atomic E-state index is -0.836. The second kappa shape index (κ2) is 8.75. The van der Waals surface area contributed by atoms with Gasteiger partial charge < -0.3 is 15.2 Å². The second-order valence-corrected chi connectivity index (χ2v) is 6.61. The van der Waals surface area contributed by atoms with E-state index in [0.717, 1.165) is 0 Å². The smallest absolute Gasteiger partial charge is 0.265 e. The summed E-state index contributed by atoms with van der Waals surface area (Å²) in [5.41, 5.74) is 5.67. The van der Waals surface area contributed by atoms with Gasteiger partial charge in [-0.05, 0) is 43.2 Å². The molecule has 0 fully saturated rings. The largest absolute Gasteiger partial charge is 0.496 e. The van der Waals surface area contributed by atoms with Crippen LogP contribution >= 0.6 is 11.6 Å². The summed E-state index contributed by atoms with van der Waals surface area (Å²) in [6, 6.07) is 11.3. The zero-order valence-electron chi connectivity index (χ0n) is 15.3. The van der Waals surface area contributed by atoms with Crippen LogP contribution in [0.3, 0.4) is 0 Å². The Morgan fingerprint density at radius 1 is 1.29 bits per heavy atom. The van der Waals surface area contributed by atoms with Crippen LogP contribution in [0.25, 0.3) is 10.9 Å². The predicted octanol–water partition coefficient (Wildman–Crippen LogP) is 2.94. The molecule has 2 aromatic carbocycles. The number of hydrogen-bond acceptors (Lipinski definition) is 5. The lowest BCUT2D eigenvalue weighted by atomic mass is 10.1. The van der Waals surface area contributed by atoms with Gasteiger partial charge in [0, 0.05) is 5.02 Å². The number of halogens is 1. The van der Waals surface area contributed by atoms with Crippen molar-refractivity contribution in [3.63, 3.8) is 0 Å². The van der Waals surface area contributed by atoms with Crippen LogP contribution < -0.4 is 20.8 Å². The lowest BCUT2D eigenvalue weighted by Gasteiger charge is -2.17. The standard InChI is InChI=1S/C20H20ClN3O4/c1-27-17-9-3-7-15-18(17)20(26)24(12-23-15)16(19(22)25)8-4-10-28-14-6-2-5-13(21)11-14/h2-3,5-7,9,11-12,16H,4,8,10H2,1H3,(H2,22,25).